The number of hydrogen-bond acceptors (Lipinski definition) is 9. The molecule has 0 radical (unpaired) electrons. The van der Waals surface area contributed by atoms with Gasteiger partial charge in [0.1, 0.15) is 23.4 Å². The van der Waals surface area contributed by atoms with Crippen LogP contribution in [0.3, 0.4) is 0 Å². The van der Waals surface area contributed by atoms with Gasteiger partial charge in [0.15, 0.2) is 11.2 Å². The highest BCUT2D eigenvalue weighted by atomic mass is 16.4. The van der Waals surface area contributed by atoms with E-state index in [4.69, 9.17) is 15.2 Å². The van der Waals surface area contributed by atoms with E-state index >= 15 is 0 Å². The third-order valence-electron chi connectivity index (χ3n) is 8.27. The number of nitrogens with zero attached hydrogens (tertiary/aromatic N) is 7. The highest BCUT2D eigenvalue weighted by molar-refractivity contribution is 5.99. The van der Waals surface area contributed by atoms with E-state index in [1.54, 1.807) is 0 Å². The number of nitrogens with two attached hydrogens (primary N) is 1. The lowest BCUT2D eigenvalue weighted by Gasteiger charge is -2.41. The van der Waals surface area contributed by atoms with Gasteiger partial charge in [0.25, 0.3) is 6.01 Å². The number of anilines is 3. The number of likely N-dealkylation sites (N-methyl/N-ethyl adjacent to an activating group) is 1. The Kier molecular flexibility index (Phi) is 6.13. The Bertz CT molecular complexity index is 1600. The van der Waals surface area contributed by atoms with Crippen LogP contribution in [0, 0.1) is 0 Å². The maximum atomic E-state index is 6.41. The van der Waals surface area contributed by atoms with Gasteiger partial charge in [0.2, 0.25) is 0 Å². The molecule has 1 aliphatic heterocycles. The number of para-hydroxylation sites is 1. The molecule has 200 valence electrons. The zero-order valence-electron chi connectivity index (χ0n) is 22.1. The van der Waals surface area contributed by atoms with E-state index in [-0.39, 0.29) is 6.04 Å². The number of rotatable bonds is 5. The van der Waals surface area contributed by atoms with Crippen LogP contribution in [0.4, 0.5) is 17.5 Å². The highest BCUT2D eigenvalue weighted by Gasteiger charge is 2.30. The van der Waals surface area contributed by atoms with Gasteiger partial charge in [0, 0.05) is 43.5 Å². The van der Waals surface area contributed by atoms with Gasteiger partial charge in [-0.2, -0.15) is 10.1 Å². The molecule has 5 aromatic rings. The van der Waals surface area contributed by atoms with Crippen molar-refractivity contribution in [3.8, 4) is 11.3 Å². The molecule has 1 aliphatic carbocycles. The minimum absolute atomic E-state index is 0.287. The molecule has 3 aromatic heterocycles. The van der Waals surface area contributed by atoms with Crippen LogP contribution in [0.15, 0.2) is 59.3 Å². The number of aromatic nitrogens is 5. The first-order valence-electron chi connectivity index (χ1n) is 13.8. The zero-order chi connectivity index (χ0) is 26.3. The summed E-state index contributed by atoms with van der Waals surface area (Å²) in [4.78, 5) is 18.6. The number of nitrogen functional groups attached to an aromatic ring is 1. The number of nitrogens with one attached hydrogen (secondary N) is 1. The van der Waals surface area contributed by atoms with Crippen molar-refractivity contribution in [2.75, 3.05) is 44.3 Å². The molecule has 0 atom stereocenters. The largest absolute Gasteiger partial charge is 0.423 e. The number of hydrogen-bond donors (Lipinski definition) is 2. The second-order valence-corrected chi connectivity index (χ2v) is 10.7. The summed E-state index contributed by atoms with van der Waals surface area (Å²) in [7, 11) is 2.21. The van der Waals surface area contributed by atoms with Crippen molar-refractivity contribution in [1.82, 2.24) is 34.5 Å². The molecule has 0 amide bonds. The minimum Gasteiger partial charge on any atom is -0.423 e. The molecule has 10 nitrogen and oxygen atoms in total. The van der Waals surface area contributed by atoms with E-state index in [2.05, 4.69) is 41.8 Å². The lowest BCUT2D eigenvalue weighted by atomic mass is 9.90. The Hall–Kier alpha value is -4.02. The van der Waals surface area contributed by atoms with Crippen LogP contribution in [0.25, 0.3) is 33.4 Å². The Morgan fingerprint density at radius 2 is 1.69 bits per heavy atom. The first-order chi connectivity index (χ1) is 19.1. The molecule has 7 rings (SSSR count). The average molecular weight is 524 g/mol. The van der Waals surface area contributed by atoms with Gasteiger partial charge in [-0.25, -0.2) is 14.6 Å². The first-order valence-corrected chi connectivity index (χ1v) is 13.8. The molecule has 2 aromatic carbocycles. The smallest absolute Gasteiger partial charge is 0.300 e. The van der Waals surface area contributed by atoms with E-state index in [1.165, 1.54) is 19.2 Å². The summed E-state index contributed by atoms with van der Waals surface area (Å²) in [5.74, 6) is 0.441. The van der Waals surface area contributed by atoms with Crippen molar-refractivity contribution in [2.24, 2.45) is 0 Å². The zero-order valence-corrected chi connectivity index (χ0v) is 22.1. The molecular formula is C29H33N9O. The maximum absolute atomic E-state index is 6.41. The predicted molar refractivity (Wildman–Crippen MR) is 153 cm³/mol. The fourth-order valence-corrected chi connectivity index (χ4v) is 6.08. The average Bonchev–Trinajstić information content (AvgIpc) is 3.56. The highest BCUT2D eigenvalue weighted by Crippen LogP contribution is 2.38. The lowest BCUT2D eigenvalue weighted by molar-refractivity contribution is 0.0815. The minimum atomic E-state index is 0.287. The van der Waals surface area contributed by atoms with Gasteiger partial charge < -0.3 is 20.4 Å². The van der Waals surface area contributed by atoms with Crippen molar-refractivity contribution in [2.45, 2.75) is 37.8 Å². The fourth-order valence-electron chi connectivity index (χ4n) is 6.08. The number of piperazine rings is 1. The first kappa shape index (κ1) is 24.1. The molecule has 39 heavy (non-hydrogen) atoms. The van der Waals surface area contributed by atoms with Crippen LogP contribution in [-0.2, 0) is 0 Å². The second-order valence-electron chi connectivity index (χ2n) is 10.7. The van der Waals surface area contributed by atoms with Crippen LogP contribution in [0.2, 0.25) is 0 Å². The molecule has 4 heterocycles. The monoisotopic (exact) mass is 523 g/mol. The Labute approximate surface area is 226 Å². The van der Waals surface area contributed by atoms with Crippen molar-refractivity contribution < 1.29 is 4.42 Å². The van der Waals surface area contributed by atoms with Crippen LogP contribution >= 0.6 is 0 Å². The summed E-state index contributed by atoms with van der Waals surface area (Å²) in [6, 6.07) is 17.2. The van der Waals surface area contributed by atoms with Gasteiger partial charge in [-0.05, 0) is 57.0 Å². The molecule has 0 spiro atoms. The van der Waals surface area contributed by atoms with E-state index < -0.39 is 0 Å². The van der Waals surface area contributed by atoms with Crippen LogP contribution in [0.1, 0.15) is 31.7 Å². The quantitative estimate of drug-likeness (QED) is 0.338. The summed E-state index contributed by atoms with van der Waals surface area (Å²) in [6.07, 6.45) is 6.04. The molecule has 3 N–H and O–H groups in total. The van der Waals surface area contributed by atoms with E-state index in [9.17, 15) is 0 Å². The van der Waals surface area contributed by atoms with Crippen molar-refractivity contribution in [1.29, 1.82) is 0 Å². The lowest BCUT2D eigenvalue weighted by Crippen LogP contribution is -2.49. The van der Waals surface area contributed by atoms with Gasteiger partial charge in [0.05, 0.1) is 11.4 Å². The van der Waals surface area contributed by atoms with Gasteiger partial charge >= 0.3 is 0 Å². The molecule has 10 heteroatoms. The summed E-state index contributed by atoms with van der Waals surface area (Å²) >= 11 is 0. The normalized spacial score (nSPS) is 21.1. The van der Waals surface area contributed by atoms with Crippen molar-refractivity contribution in [3.63, 3.8) is 0 Å². The number of fused-ring (bicyclic) bond motifs is 2. The van der Waals surface area contributed by atoms with Crippen LogP contribution in [-0.4, -0.2) is 73.8 Å². The van der Waals surface area contributed by atoms with Gasteiger partial charge in [-0.1, -0.05) is 24.3 Å². The van der Waals surface area contributed by atoms with Gasteiger partial charge in [-0.15, -0.1) is 0 Å². The summed E-state index contributed by atoms with van der Waals surface area (Å²) in [6.45, 7) is 4.64. The Balaban J connectivity index is 1.17. The Morgan fingerprint density at radius 1 is 0.923 bits per heavy atom. The molecule has 0 unspecified atom stereocenters. The van der Waals surface area contributed by atoms with E-state index in [1.807, 2.05) is 48.5 Å². The molecule has 1 saturated heterocycles. The fraction of sp³-hybridized carbons (Fsp3) is 0.379. The topological polar surface area (TPSA) is 114 Å². The van der Waals surface area contributed by atoms with Crippen LogP contribution < -0.4 is 11.1 Å². The van der Waals surface area contributed by atoms with E-state index in [0.717, 1.165) is 72.5 Å². The van der Waals surface area contributed by atoms with Crippen LogP contribution in [0.5, 0.6) is 0 Å². The predicted octanol–water partition coefficient (Wildman–Crippen LogP) is 4.69. The molecule has 0 bridgehead atoms. The van der Waals surface area contributed by atoms with Crippen molar-refractivity contribution in [3.05, 3.63) is 54.9 Å². The second kappa shape index (κ2) is 9.94. The number of benzene rings is 2. The third-order valence-corrected chi connectivity index (χ3v) is 8.27. The standard InChI is InChI=1S/C29H33N9O/c1-36-13-15-37(16-14-36)21-8-10-22(11-9-21)38-28-25(27(30)31-18-32-28)26(35-38)19-7-12-23-24(17-19)39-29(34-23)33-20-5-3-2-4-6-20/h2-7,12,17-18,21-22H,8-11,13-16H2,1H3,(H,33,34)(H2,30,31,32). The molecule has 2 fully saturated rings. The molecule has 2 aliphatic rings. The third kappa shape index (κ3) is 4.59. The SMILES string of the molecule is CN1CCN(C2CCC(n3nc(-c4ccc5nc(Nc6ccccc6)oc5c4)c4c(N)ncnc43)CC2)CC1. The maximum Gasteiger partial charge on any atom is 0.300 e. The molecular weight excluding hydrogens is 490 g/mol. The number of oxazole rings is 1. The summed E-state index contributed by atoms with van der Waals surface area (Å²) in [5, 5.41) is 9.13. The van der Waals surface area contributed by atoms with E-state index in [0.29, 0.717) is 23.5 Å². The van der Waals surface area contributed by atoms with Crippen molar-refractivity contribution >= 4 is 39.7 Å². The summed E-state index contributed by atoms with van der Waals surface area (Å²) < 4.78 is 8.14. The molecule has 1 saturated carbocycles. The van der Waals surface area contributed by atoms with Gasteiger partial charge in [-0.3, -0.25) is 4.90 Å². The summed E-state index contributed by atoms with van der Waals surface area (Å²) in [5.41, 5.74) is 11.3. The Morgan fingerprint density at radius 3 is 2.49 bits per heavy atom.